The van der Waals surface area contributed by atoms with Crippen LogP contribution in [0.25, 0.3) is 0 Å². The highest BCUT2D eigenvalue weighted by Crippen LogP contribution is 2.18. The molecule has 0 aromatic heterocycles. The standard InChI is InChI=1S/C9H7F3O2/c1-14-5-2-3-7(10)6(4-5)8(13)9(11)12/h2-4,9H,1H3. The van der Waals surface area contributed by atoms with Gasteiger partial charge in [0.15, 0.2) is 0 Å². The number of rotatable bonds is 3. The predicted octanol–water partition coefficient (Wildman–Crippen LogP) is 2.28. The van der Waals surface area contributed by atoms with E-state index >= 15 is 0 Å². The van der Waals surface area contributed by atoms with E-state index in [9.17, 15) is 18.0 Å². The van der Waals surface area contributed by atoms with Crippen LogP contribution in [0.2, 0.25) is 0 Å². The smallest absolute Gasteiger partial charge is 0.300 e. The Hall–Kier alpha value is -1.52. The summed E-state index contributed by atoms with van der Waals surface area (Å²) in [7, 11) is 1.30. The van der Waals surface area contributed by atoms with Crippen LogP contribution in [0, 0.1) is 5.82 Å². The van der Waals surface area contributed by atoms with Crippen molar-refractivity contribution in [2.45, 2.75) is 6.43 Å². The Morgan fingerprint density at radius 1 is 1.43 bits per heavy atom. The Labute approximate surface area is 78.3 Å². The van der Waals surface area contributed by atoms with Gasteiger partial charge in [-0.15, -0.1) is 0 Å². The normalized spacial score (nSPS) is 10.4. The molecule has 14 heavy (non-hydrogen) atoms. The first kappa shape index (κ1) is 10.6. The summed E-state index contributed by atoms with van der Waals surface area (Å²) in [5.74, 6) is -2.35. The molecule has 1 aromatic rings. The second-order valence-corrected chi connectivity index (χ2v) is 2.51. The van der Waals surface area contributed by atoms with E-state index in [0.717, 1.165) is 12.1 Å². The first-order chi connectivity index (χ1) is 6.56. The molecule has 0 aliphatic rings. The Kier molecular flexibility index (Phi) is 3.11. The maximum atomic E-state index is 12.9. The van der Waals surface area contributed by atoms with E-state index in [1.165, 1.54) is 13.2 Å². The number of carbonyl (C=O) groups excluding carboxylic acids is 1. The molecule has 0 atom stereocenters. The second-order valence-electron chi connectivity index (χ2n) is 2.51. The average molecular weight is 204 g/mol. The summed E-state index contributed by atoms with van der Waals surface area (Å²) < 4.78 is 41.5. The van der Waals surface area contributed by atoms with Crippen LogP contribution in [-0.4, -0.2) is 19.3 Å². The van der Waals surface area contributed by atoms with Crippen LogP contribution in [0.15, 0.2) is 18.2 Å². The van der Waals surface area contributed by atoms with Crippen LogP contribution >= 0.6 is 0 Å². The monoisotopic (exact) mass is 204 g/mol. The fourth-order valence-electron chi connectivity index (χ4n) is 0.938. The third-order valence-electron chi connectivity index (χ3n) is 1.64. The second kappa shape index (κ2) is 4.13. The lowest BCUT2D eigenvalue weighted by Crippen LogP contribution is -2.12. The zero-order valence-corrected chi connectivity index (χ0v) is 7.26. The van der Waals surface area contributed by atoms with Crippen molar-refractivity contribution in [3.63, 3.8) is 0 Å². The van der Waals surface area contributed by atoms with Crippen molar-refractivity contribution < 1.29 is 22.7 Å². The molecule has 2 nitrogen and oxygen atoms in total. The van der Waals surface area contributed by atoms with Gasteiger partial charge in [0.25, 0.3) is 0 Å². The number of ether oxygens (including phenoxy) is 1. The fraction of sp³-hybridized carbons (Fsp3) is 0.222. The highest BCUT2D eigenvalue weighted by molar-refractivity contribution is 5.99. The summed E-state index contributed by atoms with van der Waals surface area (Å²) in [5.41, 5.74) is -0.653. The van der Waals surface area contributed by atoms with Crippen LogP contribution in [0.5, 0.6) is 5.75 Å². The van der Waals surface area contributed by atoms with E-state index in [4.69, 9.17) is 0 Å². The average Bonchev–Trinajstić information content (AvgIpc) is 2.17. The highest BCUT2D eigenvalue weighted by atomic mass is 19.3. The molecule has 0 bridgehead atoms. The lowest BCUT2D eigenvalue weighted by atomic mass is 10.1. The van der Waals surface area contributed by atoms with E-state index in [1.807, 2.05) is 0 Å². The zero-order chi connectivity index (χ0) is 10.7. The van der Waals surface area contributed by atoms with Gasteiger partial charge in [-0.1, -0.05) is 0 Å². The van der Waals surface area contributed by atoms with Crippen molar-refractivity contribution in [2.24, 2.45) is 0 Å². The van der Waals surface area contributed by atoms with E-state index < -0.39 is 23.6 Å². The summed E-state index contributed by atoms with van der Waals surface area (Å²) in [6, 6.07) is 3.11. The number of ketones is 1. The van der Waals surface area contributed by atoms with Gasteiger partial charge < -0.3 is 4.74 Å². The van der Waals surface area contributed by atoms with Gasteiger partial charge >= 0.3 is 6.43 Å². The Morgan fingerprint density at radius 2 is 2.07 bits per heavy atom. The molecule has 1 rings (SSSR count). The Balaban J connectivity index is 3.12. The summed E-state index contributed by atoms with van der Waals surface area (Å²) >= 11 is 0. The third-order valence-corrected chi connectivity index (χ3v) is 1.64. The molecule has 0 fully saturated rings. The number of hydrogen-bond donors (Lipinski definition) is 0. The minimum Gasteiger partial charge on any atom is -0.497 e. The minimum absolute atomic E-state index is 0.162. The third kappa shape index (κ3) is 2.04. The van der Waals surface area contributed by atoms with Gasteiger partial charge in [0.05, 0.1) is 12.7 Å². The molecular weight excluding hydrogens is 197 g/mol. The van der Waals surface area contributed by atoms with Gasteiger partial charge in [0.1, 0.15) is 11.6 Å². The summed E-state index contributed by atoms with van der Waals surface area (Å²) in [6.07, 6.45) is -3.21. The number of alkyl halides is 2. The molecule has 0 saturated carbocycles. The number of methoxy groups -OCH3 is 1. The van der Waals surface area contributed by atoms with Crippen LogP contribution in [0.3, 0.4) is 0 Å². The van der Waals surface area contributed by atoms with Crippen molar-refractivity contribution in [1.29, 1.82) is 0 Å². The van der Waals surface area contributed by atoms with Crippen molar-refractivity contribution in [2.75, 3.05) is 7.11 Å². The zero-order valence-electron chi connectivity index (χ0n) is 7.26. The van der Waals surface area contributed by atoms with Gasteiger partial charge in [-0.2, -0.15) is 0 Å². The molecule has 0 spiro atoms. The summed E-state index contributed by atoms with van der Waals surface area (Å²) in [5, 5.41) is 0. The molecule has 0 unspecified atom stereocenters. The fourth-order valence-corrected chi connectivity index (χ4v) is 0.938. The minimum atomic E-state index is -3.21. The largest absolute Gasteiger partial charge is 0.497 e. The van der Waals surface area contributed by atoms with Gasteiger partial charge in [0.2, 0.25) is 5.78 Å². The van der Waals surface area contributed by atoms with Crippen molar-refractivity contribution in [3.8, 4) is 5.75 Å². The van der Waals surface area contributed by atoms with Crippen molar-refractivity contribution >= 4 is 5.78 Å². The van der Waals surface area contributed by atoms with E-state index in [2.05, 4.69) is 4.74 Å². The van der Waals surface area contributed by atoms with Gasteiger partial charge in [-0.25, -0.2) is 13.2 Å². The number of halogens is 3. The molecular formula is C9H7F3O2. The molecule has 0 aliphatic carbocycles. The molecule has 5 heteroatoms. The van der Waals surface area contributed by atoms with Gasteiger partial charge in [-0.3, -0.25) is 4.79 Å². The topological polar surface area (TPSA) is 26.3 Å². The maximum Gasteiger partial charge on any atom is 0.300 e. The molecule has 1 aromatic carbocycles. The predicted molar refractivity (Wildman–Crippen MR) is 43.3 cm³/mol. The van der Waals surface area contributed by atoms with E-state index in [0.29, 0.717) is 0 Å². The van der Waals surface area contributed by atoms with Crippen LogP contribution in [-0.2, 0) is 0 Å². The lowest BCUT2D eigenvalue weighted by Gasteiger charge is -2.04. The van der Waals surface area contributed by atoms with Crippen LogP contribution in [0.4, 0.5) is 13.2 Å². The number of hydrogen-bond acceptors (Lipinski definition) is 2. The molecule has 0 radical (unpaired) electrons. The Bertz CT molecular complexity index is 350. The Morgan fingerprint density at radius 3 is 2.57 bits per heavy atom. The molecule has 76 valence electrons. The van der Waals surface area contributed by atoms with E-state index in [-0.39, 0.29) is 5.75 Å². The van der Waals surface area contributed by atoms with Crippen LogP contribution in [0.1, 0.15) is 10.4 Å². The van der Waals surface area contributed by atoms with Crippen molar-refractivity contribution in [1.82, 2.24) is 0 Å². The maximum absolute atomic E-state index is 12.9. The number of Topliss-reactive ketones (excluding diaryl/α,β-unsaturated/α-hetero) is 1. The molecule has 0 saturated heterocycles. The first-order valence-corrected chi connectivity index (χ1v) is 3.72. The summed E-state index contributed by atoms with van der Waals surface area (Å²) in [4.78, 5) is 10.8. The van der Waals surface area contributed by atoms with Crippen LogP contribution < -0.4 is 4.74 Å². The summed E-state index contributed by atoms with van der Waals surface area (Å²) in [6.45, 7) is 0. The lowest BCUT2D eigenvalue weighted by molar-refractivity contribution is 0.0674. The molecule has 0 N–H and O–H groups in total. The first-order valence-electron chi connectivity index (χ1n) is 3.72. The molecule has 0 amide bonds. The van der Waals surface area contributed by atoms with Crippen molar-refractivity contribution in [3.05, 3.63) is 29.6 Å². The SMILES string of the molecule is COc1ccc(F)c(C(=O)C(F)F)c1. The highest BCUT2D eigenvalue weighted by Gasteiger charge is 2.21. The quantitative estimate of drug-likeness (QED) is 0.706. The molecule has 0 aliphatic heterocycles. The van der Waals surface area contributed by atoms with E-state index in [1.54, 1.807) is 0 Å². The van der Waals surface area contributed by atoms with Gasteiger partial charge in [0, 0.05) is 0 Å². The van der Waals surface area contributed by atoms with Gasteiger partial charge in [-0.05, 0) is 18.2 Å². The number of carbonyl (C=O) groups is 1. The molecule has 0 heterocycles. The number of benzene rings is 1.